The number of aryl methyl sites for hydroxylation is 1. The number of rotatable bonds is 4. The third kappa shape index (κ3) is 5.88. The Morgan fingerprint density at radius 1 is 1.13 bits per heavy atom. The number of hydrogen-bond donors (Lipinski definition) is 1. The van der Waals surface area contributed by atoms with Crippen molar-refractivity contribution in [2.75, 3.05) is 50.7 Å². The standard InChI is InChI=1S/C28H39FN6O4/c1-28(2,3)39-27(38)35-11-10-18(21(29)17-35)16-33-12-14-34(15-13-33)22-7-5-6-19-24(31-32(4)25(19)22)20-8-9-23(36)30-26(20)37/h5-7,18,20-21H,8-17H2,1-4H3,(H,30,36,37)/t18-,20?,21+/m0/s1. The van der Waals surface area contributed by atoms with Crippen molar-refractivity contribution in [3.8, 4) is 0 Å². The van der Waals surface area contributed by atoms with Gasteiger partial charge < -0.3 is 14.5 Å². The van der Waals surface area contributed by atoms with E-state index in [4.69, 9.17) is 9.84 Å². The van der Waals surface area contributed by atoms with Gasteiger partial charge in [-0.15, -0.1) is 0 Å². The quantitative estimate of drug-likeness (QED) is 0.593. The van der Waals surface area contributed by atoms with Crippen molar-refractivity contribution in [1.29, 1.82) is 0 Å². The Morgan fingerprint density at radius 2 is 1.87 bits per heavy atom. The first-order valence-electron chi connectivity index (χ1n) is 13.9. The number of hydrogen-bond acceptors (Lipinski definition) is 7. The molecule has 3 fully saturated rings. The van der Waals surface area contributed by atoms with E-state index in [9.17, 15) is 14.4 Å². The molecule has 5 rings (SSSR count). The van der Waals surface area contributed by atoms with Crippen LogP contribution >= 0.6 is 0 Å². The maximum Gasteiger partial charge on any atom is 0.410 e. The zero-order valence-electron chi connectivity index (χ0n) is 23.3. The SMILES string of the molecule is Cn1nc(C2CCC(=O)NC2=O)c2cccc(N3CCN(C[C@@H]4CCN(C(=O)OC(C)(C)C)C[C@H]4F)CC3)c21. The molecule has 1 aromatic heterocycles. The van der Waals surface area contributed by atoms with Crippen molar-refractivity contribution in [2.24, 2.45) is 13.0 Å². The van der Waals surface area contributed by atoms with E-state index in [0.717, 1.165) is 42.8 Å². The lowest BCUT2D eigenvalue weighted by molar-refractivity contribution is -0.134. The molecule has 0 saturated carbocycles. The summed E-state index contributed by atoms with van der Waals surface area (Å²) in [6.07, 6.45) is -0.111. The molecule has 1 N–H and O–H groups in total. The number of benzene rings is 1. The molecule has 3 amide bonds. The van der Waals surface area contributed by atoms with E-state index < -0.39 is 23.8 Å². The van der Waals surface area contributed by atoms with Crippen LogP contribution < -0.4 is 10.2 Å². The summed E-state index contributed by atoms with van der Waals surface area (Å²) in [7, 11) is 1.89. The number of halogens is 1. The number of amides is 3. The number of carbonyl (C=O) groups excluding carboxylic acids is 3. The van der Waals surface area contributed by atoms with Crippen molar-refractivity contribution < 1.29 is 23.5 Å². The van der Waals surface area contributed by atoms with Crippen molar-refractivity contribution in [3.63, 3.8) is 0 Å². The van der Waals surface area contributed by atoms with E-state index in [1.807, 2.05) is 44.6 Å². The zero-order valence-corrected chi connectivity index (χ0v) is 23.3. The number of piperazine rings is 1. The Hall–Kier alpha value is -3.21. The maximum atomic E-state index is 15.1. The molecule has 4 heterocycles. The molecule has 3 aliphatic rings. The molecule has 1 aromatic carbocycles. The lowest BCUT2D eigenvalue weighted by Crippen LogP contribution is -2.52. The number of ether oxygens (including phenoxy) is 1. The van der Waals surface area contributed by atoms with Gasteiger partial charge in [0.2, 0.25) is 11.8 Å². The molecule has 0 bridgehead atoms. The van der Waals surface area contributed by atoms with Gasteiger partial charge in [0, 0.05) is 64.0 Å². The third-order valence-electron chi connectivity index (χ3n) is 7.97. The number of piperidine rings is 2. The molecule has 2 aromatic rings. The number of nitrogens with one attached hydrogen (secondary N) is 1. The summed E-state index contributed by atoms with van der Waals surface area (Å²) in [5, 5.41) is 8.09. The summed E-state index contributed by atoms with van der Waals surface area (Å²) in [4.78, 5) is 42.6. The van der Waals surface area contributed by atoms with Crippen molar-refractivity contribution >= 4 is 34.5 Å². The smallest absolute Gasteiger partial charge is 0.410 e. The van der Waals surface area contributed by atoms with E-state index in [1.54, 1.807) is 0 Å². The number of nitrogens with zero attached hydrogens (tertiary/aromatic N) is 5. The zero-order chi connectivity index (χ0) is 27.9. The second-order valence-corrected chi connectivity index (χ2v) is 12.0. The maximum absolute atomic E-state index is 15.1. The number of aromatic nitrogens is 2. The highest BCUT2D eigenvalue weighted by molar-refractivity contribution is 6.03. The number of anilines is 1. The van der Waals surface area contributed by atoms with Crippen LogP contribution in [0, 0.1) is 5.92 Å². The van der Waals surface area contributed by atoms with E-state index in [1.165, 1.54) is 4.90 Å². The molecule has 3 saturated heterocycles. The second kappa shape index (κ2) is 10.7. The molecule has 0 aliphatic carbocycles. The summed E-state index contributed by atoms with van der Waals surface area (Å²) in [6.45, 7) is 9.93. The molecule has 0 spiro atoms. The first-order chi connectivity index (χ1) is 18.5. The van der Waals surface area contributed by atoms with E-state index in [-0.39, 0.29) is 24.3 Å². The first kappa shape index (κ1) is 27.4. The van der Waals surface area contributed by atoms with E-state index >= 15 is 4.39 Å². The van der Waals surface area contributed by atoms with Crippen molar-refractivity contribution in [2.45, 2.75) is 57.7 Å². The van der Waals surface area contributed by atoms with Crippen LogP contribution in [0.1, 0.15) is 51.6 Å². The average molecular weight is 543 g/mol. The fourth-order valence-corrected chi connectivity index (χ4v) is 5.96. The Morgan fingerprint density at radius 3 is 2.54 bits per heavy atom. The van der Waals surface area contributed by atoms with Gasteiger partial charge in [-0.3, -0.25) is 24.5 Å². The van der Waals surface area contributed by atoms with Crippen LogP contribution in [0.5, 0.6) is 0 Å². The summed E-state index contributed by atoms with van der Waals surface area (Å²) >= 11 is 0. The number of imide groups is 1. The highest BCUT2D eigenvalue weighted by atomic mass is 19.1. The van der Waals surface area contributed by atoms with Gasteiger partial charge in [-0.25, -0.2) is 9.18 Å². The van der Waals surface area contributed by atoms with Crippen LogP contribution in [0.3, 0.4) is 0 Å². The summed E-state index contributed by atoms with van der Waals surface area (Å²) in [5.41, 5.74) is 2.16. The van der Waals surface area contributed by atoms with E-state index in [2.05, 4.69) is 21.2 Å². The van der Waals surface area contributed by atoms with Crippen molar-refractivity contribution in [3.05, 3.63) is 23.9 Å². The van der Waals surface area contributed by atoms with Crippen molar-refractivity contribution in [1.82, 2.24) is 24.9 Å². The highest BCUT2D eigenvalue weighted by Crippen LogP contribution is 2.35. The Kier molecular flexibility index (Phi) is 7.54. The van der Waals surface area contributed by atoms with Gasteiger partial charge in [0.05, 0.1) is 29.4 Å². The summed E-state index contributed by atoms with van der Waals surface area (Å²) in [5.74, 6) is -1.06. The largest absolute Gasteiger partial charge is 0.444 e. The fourth-order valence-electron chi connectivity index (χ4n) is 5.96. The van der Waals surface area contributed by atoms with Crippen LogP contribution in [-0.2, 0) is 21.4 Å². The molecule has 1 unspecified atom stereocenters. The van der Waals surface area contributed by atoms with Crippen LogP contribution in [0.4, 0.5) is 14.9 Å². The monoisotopic (exact) mass is 542 g/mol. The number of alkyl halides is 1. The molecule has 10 nitrogen and oxygen atoms in total. The average Bonchev–Trinajstić information content (AvgIpc) is 3.21. The Bertz CT molecular complexity index is 1250. The van der Waals surface area contributed by atoms with Gasteiger partial charge in [0.1, 0.15) is 11.8 Å². The topological polar surface area (TPSA) is 100 Å². The summed E-state index contributed by atoms with van der Waals surface area (Å²) < 4.78 is 22.3. The van der Waals surface area contributed by atoms with Gasteiger partial charge in [-0.1, -0.05) is 12.1 Å². The van der Waals surface area contributed by atoms with E-state index in [0.29, 0.717) is 38.0 Å². The Labute approximate surface area is 228 Å². The van der Waals surface area contributed by atoms with Gasteiger partial charge in [-0.05, 0) is 39.7 Å². The second-order valence-electron chi connectivity index (χ2n) is 12.0. The molecular formula is C28H39FN6O4. The van der Waals surface area contributed by atoms with Gasteiger partial charge >= 0.3 is 6.09 Å². The molecule has 3 atom stereocenters. The lowest BCUT2D eigenvalue weighted by atomic mass is 9.92. The number of carbonyl (C=O) groups is 3. The normalized spacial score (nSPS) is 25.2. The molecule has 212 valence electrons. The van der Waals surface area contributed by atoms with Crippen LogP contribution in [-0.4, -0.2) is 95.1 Å². The molecule has 11 heteroatoms. The molecule has 39 heavy (non-hydrogen) atoms. The minimum absolute atomic E-state index is 0.0809. The molecule has 3 aliphatic heterocycles. The molecular weight excluding hydrogens is 503 g/mol. The number of likely N-dealkylation sites (tertiary alicyclic amines) is 1. The van der Waals surface area contributed by atoms with Crippen LogP contribution in [0.15, 0.2) is 18.2 Å². The predicted octanol–water partition coefficient (Wildman–Crippen LogP) is 2.81. The van der Waals surface area contributed by atoms with Gasteiger partial charge in [0.15, 0.2) is 0 Å². The fraction of sp³-hybridized carbons (Fsp3) is 0.643. The van der Waals surface area contributed by atoms with Crippen LogP contribution in [0.2, 0.25) is 0 Å². The number of fused-ring (bicyclic) bond motifs is 1. The Balaban J connectivity index is 1.20. The summed E-state index contributed by atoms with van der Waals surface area (Å²) in [6, 6.07) is 6.07. The minimum atomic E-state index is -1.07. The third-order valence-corrected chi connectivity index (χ3v) is 7.97. The van der Waals surface area contributed by atoms with Crippen LogP contribution in [0.25, 0.3) is 10.9 Å². The molecule has 0 radical (unpaired) electrons. The number of para-hydroxylation sites is 1. The lowest BCUT2D eigenvalue weighted by Gasteiger charge is -2.41. The van der Waals surface area contributed by atoms with Gasteiger partial charge in [-0.2, -0.15) is 5.10 Å². The highest BCUT2D eigenvalue weighted by Gasteiger charge is 2.36. The first-order valence-corrected chi connectivity index (χ1v) is 13.9. The van der Waals surface area contributed by atoms with Gasteiger partial charge in [0.25, 0.3) is 0 Å². The predicted molar refractivity (Wildman–Crippen MR) is 145 cm³/mol. The minimum Gasteiger partial charge on any atom is -0.444 e.